The number of rotatable bonds is 13. The standard InChI is InChI=1S/C17H38N2/c1-5-8-9-10-11-12-13-14-17(15-18)19(4)16(6-2)7-3/h16-17H,5-15,18H2,1-4H3. The van der Waals surface area contributed by atoms with E-state index in [2.05, 4.69) is 32.7 Å². The van der Waals surface area contributed by atoms with Gasteiger partial charge in [0.1, 0.15) is 0 Å². The van der Waals surface area contributed by atoms with Gasteiger partial charge in [0, 0.05) is 18.6 Å². The second-order valence-electron chi connectivity index (χ2n) is 5.94. The summed E-state index contributed by atoms with van der Waals surface area (Å²) in [5.41, 5.74) is 5.96. The van der Waals surface area contributed by atoms with Crippen LogP contribution in [0.4, 0.5) is 0 Å². The molecule has 0 saturated heterocycles. The van der Waals surface area contributed by atoms with E-state index in [1.54, 1.807) is 0 Å². The van der Waals surface area contributed by atoms with Crippen LogP contribution in [0.25, 0.3) is 0 Å². The molecule has 0 radical (unpaired) electrons. The Morgan fingerprint density at radius 1 is 0.789 bits per heavy atom. The van der Waals surface area contributed by atoms with E-state index >= 15 is 0 Å². The fraction of sp³-hybridized carbons (Fsp3) is 1.00. The molecule has 0 heterocycles. The molecule has 0 aromatic heterocycles. The highest BCUT2D eigenvalue weighted by Gasteiger charge is 2.18. The molecule has 116 valence electrons. The van der Waals surface area contributed by atoms with Gasteiger partial charge in [-0.1, -0.05) is 65.7 Å². The van der Waals surface area contributed by atoms with Crippen LogP contribution < -0.4 is 5.73 Å². The summed E-state index contributed by atoms with van der Waals surface area (Å²) in [5, 5.41) is 0. The average Bonchev–Trinajstić information content (AvgIpc) is 2.43. The zero-order chi connectivity index (χ0) is 14.5. The van der Waals surface area contributed by atoms with E-state index in [-0.39, 0.29) is 0 Å². The highest BCUT2D eigenvalue weighted by atomic mass is 15.2. The molecule has 0 rings (SSSR count). The zero-order valence-electron chi connectivity index (χ0n) is 14.0. The molecule has 0 aliphatic carbocycles. The van der Waals surface area contributed by atoms with Gasteiger partial charge in [0.05, 0.1) is 0 Å². The molecule has 0 spiro atoms. The van der Waals surface area contributed by atoms with Crippen LogP contribution in [0.3, 0.4) is 0 Å². The Hall–Kier alpha value is -0.0800. The molecule has 2 N–H and O–H groups in total. The minimum absolute atomic E-state index is 0.584. The minimum Gasteiger partial charge on any atom is -0.329 e. The predicted octanol–water partition coefficient (Wildman–Crippen LogP) is 4.57. The topological polar surface area (TPSA) is 29.3 Å². The summed E-state index contributed by atoms with van der Waals surface area (Å²) in [5.74, 6) is 0. The first-order valence-electron chi connectivity index (χ1n) is 8.63. The number of likely N-dealkylation sites (N-methyl/N-ethyl adjacent to an activating group) is 1. The number of unbranched alkanes of at least 4 members (excludes halogenated alkanes) is 6. The summed E-state index contributed by atoms with van der Waals surface area (Å²) in [6.07, 6.45) is 13.5. The molecule has 19 heavy (non-hydrogen) atoms. The number of hydrogen-bond donors (Lipinski definition) is 1. The van der Waals surface area contributed by atoms with Crippen LogP contribution in [-0.4, -0.2) is 30.6 Å². The van der Waals surface area contributed by atoms with Gasteiger partial charge in [-0.05, 0) is 26.3 Å². The SMILES string of the molecule is CCCCCCCCCC(CN)N(C)C(CC)CC. The van der Waals surface area contributed by atoms with E-state index in [1.807, 2.05) is 0 Å². The maximum absolute atomic E-state index is 5.96. The maximum Gasteiger partial charge on any atom is 0.0218 e. The lowest BCUT2D eigenvalue weighted by molar-refractivity contribution is 0.157. The summed E-state index contributed by atoms with van der Waals surface area (Å²) in [6.45, 7) is 7.65. The van der Waals surface area contributed by atoms with Crippen LogP contribution in [-0.2, 0) is 0 Å². The van der Waals surface area contributed by atoms with E-state index in [0.717, 1.165) is 6.54 Å². The van der Waals surface area contributed by atoms with Crippen molar-refractivity contribution in [2.75, 3.05) is 13.6 Å². The van der Waals surface area contributed by atoms with Crippen LogP contribution in [0.1, 0.15) is 85.0 Å². The lowest BCUT2D eigenvalue weighted by Crippen LogP contribution is -2.43. The molecule has 0 saturated carbocycles. The third-order valence-corrected chi connectivity index (χ3v) is 4.51. The molecule has 2 heteroatoms. The second-order valence-corrected chi connectivity index (χ2v) is 5.94. The van der Waals surface area contributed by atoms with Crippen molar-refractivity contribution in [1.82, 2.24) is 4.90 Å². The van der Waals surface area contributed by atoms with Crippen LogP contribution in [0.15, 0.2) is 0 Å². The van der Waals surface area contributed by atoms with Gasteiger partial charge < -0.3 is 5.73 Å². The summed E-state index contributed by atoms with van der Waals surface area (Å²) in [4.78, 5) is 2.52. The molecular weight excluding hydrogens is 232 g/mol. The summed E-state index contributed by atoms with van der Waals surface area (Å²) in [6, 6.07) is 1.29. The van der Waals surface area contributed by atoms with Gasteiger partial charge in [0.15, 0.2) is 0 Å². The van der Waals surface area contributed by atoms with Gasteiger partial charge >= 0.3 is 0 Å². The molecular formula is C17H38N2. The molecule has 0 aliphatic rings. The van der Waals surface area contributed by atoms with Crippen molar-refractivity contribution in [2.45, 2.75) is 97.1 Å². The van der Waals surface area contributed by atoms with E-state index in [1.165, 1.54) is 64.2 Å². The van der Waals surface area contributed by atoms with Gasteiger partial charge in [-0.2, -0.15) is 0 Å². The first kappa shape index (κ1) is 18.9. The fourth-order valence-electron chi connectivity index (χ4n) is 2.99. The molecule has 1 atom stereocenters. The van der Waals surface area contributed by atoms with Gasteiger partial charge in [0.25, 0.3) is 0 Å². The quantitative estimate of drug-likeness (QED) is 0.497. The first-order valence-corrected chi connectivity index (χ1v) is 8.63. The Morgan fingerprint density at radius 3 is 1.79 bits per heavy atom. The largest absolute Gasteiger partial charge is 0.329 e. The molecule has 0 fully saturated rings. The molecule has 1 unspecified atom stereocenters. The van der Waals surface area contributed by atoms with Gasteiger partial charge in [-0.3, -0.25) is 4.90 Å². The molecule has 0 aromatic carbocycles. The van der Waals surface area contributed by atoms with Crippen LogP contribution in [0, 0.1) is 0 Å². The van der Waals surface area contributed by atoms with Gasteiger partial charge in [-0.25, -0.2) is 0 Å². The molecule has 0 bridgehead atoms. The molecule has 2 nitrogen and oxygen atoms in total. The Bertz CT molecular complexity index is 178. The van der Waals surface area contributed by atoms with E-state index in [4.69, 9.17) is 5.73 Å². The van der Waals surface area contributed by atoms with E-state index in [9.17, 15) is 0 Å². The summed E-state index contributed by atoms with van der Waals surface area (Å²) in [7, 11) is 2.26. The molecule has 0 amide bonds. The van der Waals surface area contributed by atoms with Crippen LogP contribution in [0.2, 0.25) is 0 Å². The van der Waals surface area contributed by atoms with E-state index in [0.29, 0.717) is 12.1 Å². The predicted molar refractivity (Wildman–Crippen MR) is 87.6 cm³/mol. The molecule has 0 aliphatic heterocycles. The van der Waals surface area contributed by atoms with Gasteiger partial charge in [-0.15, -0.1) is 0 Å². The monoisotopic (exact) mass is 270 g/mol. The Kier molecular flexibility index (Phi) is 12.9. The second kappa shape index (κ2) is 12.9. The highest BCUT2D eigenvalue weighted by molar-refractivity contribution is 4.75. The first-order chi connectivity index (χ1) is 9.21. The minimum atomic E-state index is 0.584. The average molecular weight is 271 g/mol. The Morgan fingerprint density at radius 2 is 1.32 bits per heavy atom. The fourth-order valence-corrected chi connectivity index (χ4v) is 2.99. The lowest BCUT2D eigenvalue weighted by Gasteiger charge is -2.33. The van der Waals surface area contributed by atoms with E-state index < -0.39 is 0 Å². The van der Waals surface area contributed by atoms with Crippen LogP contribution >= 0.6 is 0 Å². The van der Waals surface area contributed by atoms with Crippen molar-refractivity contribution in [1.29, 1.82) is 0 Å². The summed E-state index contributed by atoms with van der Waals surface area (Å²) >= 11 is 0. The third-order valence-electron chi connectivity index (χ3n) is 4.51. The number of nitrogens with two attached hydrogens (primary N) is 1. The van der Waals surface area contributed by atoms with Crippen molar-refractivity contribution >= 4 is 0 Å². The number of nitrogens with zero attached hydrogens (tertiary/aromatic N) is 1. The van der Waals surface area contributed by atoms with Crippen molar-refractivity contribution in [3.63, 3.8) is 0 Å². The van der Waals surface area contributed by atoms with Gasteiger partial charge in [0.2, 0.25) is 0 Å². The Labute approximate surface area is 122 Å². The zero-order valence-corrected chi connectivity index (χ0v) is 14.0. The Balaban J connectivity index is 3.74. The van der Waals surface area contributed by atoms with Crippen molar-refractivity contribution in [3.05, 3.63) is 0 Å². The third kappa shape index (κ3) is 8.65. The smallest absolute Gasteiger partial charge is 0.0218 e. The normalized spacial score (nSPS) is 13.4. The van der Waals surface area contributed by atoms with Crippen LogP contribution in [0.5, 0.6) is 0 Å². The number of hydrogen-bond acceptors (Lipinski definition) is 2. The lowest BCUT2D eigenvalue weighted by atomic mass is 10.0. The van der Waals surface area contributed by atoms with Crippen molar-refractivity contribution in [2.24, 2.45) is 5.73 Å². The van der Waals surface area contributed by atoms with Crippen molar-refractivity contribution < 1.29 is 0 Å². The summed E-state index contributed by atoms with van der Waals surface area (Å²) < 4.78 is 0. The van der Waals surface area contributed by atoms with Crippen molar-refractivity contribution in [3.8, 4) is 0 Å². The highest BCUT2D eigenvalue weighted by Crippen LogP contribution is 2.16. The maximum atomic E-state index is 5.96. The molecule has 0 aromatic rings.